The van der Waals surface area contributed by atoms with Gasteiger partial charge in [-0.2, -0.15) is 0 Å². The number of hydrogen-bond donors (Lipinski definition) is 1. The van der Waals surface area contributed by atoms with E-state index in [4.69, 9.17) is 0 Å². The zero-order chi connectivity index (χ0) is 13.8. The predicted octanol–water partition coefficient (Wildman–Crippen LogP) is 4.47. The van der Waals surface area contributed by atoms with Crippen LogP contribution in [0.1, 0.15) is 32.1 Å². The molecule has 1 heterocycles. The van der Waals surface area contributed by atoms with Gasteiger partial charge in [-0.25, -0.2) is 0 Å². The van der Waals surface area contributed by atoms with Gasteiger partial charge in [0.15, 0.2) is 0 Å². The van der Waals surface area contributed by atoms with Crippen molar-refractivity contribution in [3.05, 3.63) is 36.7 Å². The van der Waals surface area contributed by atoms with Gasteiger partial charge in [0.25, 0.3) is 0 Å². The lowest BCUT2D eigenvalue weighted by molar-refractivity contribution is 0.243. The molecule has 0 radical (unpaired) electrons. The Kier molecular flexibility index (Phi) is 2.55. The highest BCUT2D eigenvalue weighted by molar-refractivity contribution is 5.93. The maximum atomic E-state index is 4.31. The second-order valence-electron chi connectivity index (χ2n) is 7.31. The SMILES string of the molecule is c1cc(NC2CC3CC2C2CCCC32)c2cnccc2c1. The van der Waals surface area contributed by atoms with E-state index in [1.165, 1.54) is 48.6 Å². The summed E-state index contributed by atoms with van der Waals surface area (Å²) in [4.78, 5) is 4.31. The van der Waals surface area contributed by atoms with Crippen LogP contribution in [0, 0.1) is 23.7 Å². The number of nitrogens with one attached hydrogen (secondary N) is 1. The van der Waals surface area contributed by atoms with Crippen LogP contribution in [-0.2, 0) is 0 Å². The van der Waals surface area contributed by atoms with Crippen LogP contribution in [0.15, 0.2) is 36.7 Å². The molecule has 3 aliphatic carbocycles. The Balaban J connectivity index is 1.45. The Morgan fingerprint density at radius 1 is 1.00 bits per heavy atom. The molecule has 3 fully saturated rings. The summed E-state index contributed by atoms with van der Waals surface area (Å²) in [5, 5.41) is 6.45. The number of pyridine rings is 1. The summed E-state index contributed by atoms with van der Waals surface area (Å²) in [5.74, 6) is 4.03. The average Bonchev–Trinajstić information content (AvgIpc) is 3.20. The molecule has 21 heavy (non-hydrogen) atoms. The molecule has 108 valence electrons. The number of aromatic nitrogens is 1. The van der Waals surface area contributed by atoms with E-state index < -0.39 is 0 Å². The molecule has 5 unspecified atom stereocenters. The third-order valence-electron chi connectivity index (χ3n) is 6.45. The molecule has 2 aromatic rings. The molecule has 0 spiro atoms. The molecule has 3 saturated carbocycles. The normalized spacial score (nSPS) is 37.0. The molecule has 1 aromatic carbocycles. The second-order valence-corrected chi connectivity index (χ2v) is 7.31. The smallest absolute Gasteiger partial charge is 0.0437 e. The minimum Gasteiger partial charge on any atom is -0.381 e. The molecule has 0 saturated heterocycles. The number of benzene rings is 1. The van der Waals surface area contributed by atoms with Gasteiger partial charge in [0.2, 0.25) is 0 Å². The molecule has 2 nitrogen and oxygen atoms in total. The topological polar surface area (TPSA) is 24.9 Å². The van der Waals surface area contributed by atoms with Crippen molar-refractivity contribution in [1.29, 1.82) is 0 Å². The molecule has 5 atom stereocenters. The lowest BCUT2D eigenvalue weighted by atomic mass is 9.79. The van der Waals surface area contributed by atoms with E-state index >= 15 is 0 Å². The Bertz CT molecular complexity index is 675. The van der Waals surface area contributed by atoms with Crippen molar-refractivity contribution in [2.45, 2.75) is 38.1 Å². The third kappa shape index (κ3) is 1.74. The van der Waals surface area contributed by atoms with E-state index in [0.717, 1.165) is 23.7 Å². The maximum Gasteiger partial charge on any atom is 0.0437 e. The summed E-state index contributed by atoms with van der Waals surface area (Å²) in [7, 11) is 0. The Morgan fingerprint density at radius 3 is 2.95 bits per heavy atom. The molecule has 3 aliphatic rings. The van der Waals surface area contributed by atoms with Crippen molar-refractivity contribution in [3.63, 3.8) is 0 Å². The van der Waals surface area contributed by atoms with E-state index in [9.17, 15) is 0 Å². The van der Waals surface area contributed by atoms with Gasteiger partial charge in [-0.3, -0.25) is 4.98 Å². The lowest BCUT2D eigenvalue weighted by Gasteiger charge is -2.33. The van der Waals surface area contributed by atoms with Gasteiger partial charge in [-0.15, -0.1) is 0 Å². The standard InChI is InChI=1S/C19H22N2/c1-3-12-7-8-20-11-17(12)18(6-1)21-19-10-13-9-16(19)15-5-2-4-14(13)15/h1,3,6-8,11,13-16,19,21H,2,4-5,9-10H2. The van der Waals surface area contributed by atoms with E-state index in [2.05, 4.69) is 34.6 Å². The van der Waals surface area contributed by atoms with Crippen molar-refractivity contribution in [3.8, 4) is 0 Å². The van der Waals surface area contributed by atoms with Crippen LogP contribution < -0.4 is 5.32 Å². The zero-order valence-electron chi connectivity index (χ0n) is 12.3. The van der Waals surface area contributed by atoms with Crippen LogP contribution >= 0.6 is 0 Å². The van der Waals surface area contributed by atoms with Crippen LogP contribution in [0.5, 0.6) is 0 Å². The van der Waals surface area contributed by atoms with Crippen molar-refractivity contribution >= 4 is 16.5 Å². The fraction of sp³-hybridized carbons (Fsp3) is 0.526. The average molecular weight is 278 g/mol. The molecular weight excluding hydrogens is 256 g/mol. The minimum atomic E-state index is 0.695. The summed E-state index contributed by atoms with van der Waals surface area (Å²) < 4.78 is 0. The van der Waals surface area contributed by atoms with E-state index in [0.29, 0.717) is 6.04 Å². The molecule has 1 aromatic heterocycles. The highest BCUT2D eigenvalue weighted by Crippen LogP contribution is 2.59. The van der Waals surface area contributed by atoms with Gasteiger partial charge in [0.05, 0.1) is 0 Å². The summed E-state index contributed by atoms with van der Waals surface area (Å²) in [6.45, 7) is 0. The van der Waals surface area contributed by atoms with Gasteiger partial charge in [-0.05, 0) is 66.9 Å². The molecule has 1 N–H and O–H groups in total. The Morgan fingerprint density at radius 2 is 1.95 bits per heavy atom. The third-order valence-corrected chi connectivity index (χ3v) is 6.45. The van der Waals surface area contributed by atoms with Gasteiger partial charge in [0.1, 0.15) is 0 Å². The fourth-order valence-corrected chi connectivity index (χ4v) is 5.67. The Labute approximate surface area is 126 Å². The van der Waals surface area contributed by atoms with Gasteiger partial charge in [0, 0.05) is 29.5 Å². The van der Waals surface area contributed by atoms with Crippen LogP contribution in [0.2, 0.25) is 0 Å². The number of anilines is 1. The molecule has 5 rings (SSSR count). The molecule has 2 bridgehead atoms. The summed E-state index contributed by atoms with van der Waals surface area (Å²) in [6, 6.07) is 9.36. The number of fused-ring (bicyclic) bond motifs is 6. The number of rotatable bonds is 2. The van der Waals surface area contributed by atoms with Crippen molar-refractivity contribution in [2.24, 2.45) is 23.7 Å². The minimum absolute atomic E-state index is 0.695. The van der Waals surface area contributed by atoms with Crippen LogP contribution in [0.25, 0.3) is 10.8 Å². The summed E-state index contributed by atoms with van der Waals surface area (Å²) in [6.07, 6.45) is 11.2. The van der Waals surface area contributed by atoms with Crippen LogP contribution in [-0.4, -0.2) is 11.0 Å². The second kappa shape index (κ2) is 4.46. The first-order valence-electron chi connectivity index (χ1n) is 8.49. The monoisotopic (exact) mass is 278 g/mol. The van der Waals surface area contributed by atoms with Gasteiger partial charge >= 0.3 is 0 Å². The van der Waals surface area contributed by atoms with E-state index in [1.807, 2.05) is 12.4 Å². The molecule has 2 heteroatoms. The van der Waals surface area contributed by atoms with Crippen molar-refractivity contribution in [2.75, 3.05) is 5.32 Å². The van der Waals surface area contributed by atoms with Crippen molar-refractivity contribution in [1.82, 2.24) is 4.98 Å². The maximum absolute atomic E-state index is 4.31. The fourth-order valence-electron chi connectivity index (χ4n) is 5.67. The molecule has 0 amide bonds. The molecule has 0 aliphatic heterocycles. The van der Waals surface area contributed by atoms with Crippen molar-refractivity contribution < 1.29 is 0 Å². The lowest BCUT2D eigenvalue weighted by Crippen LogP contribution is -2.33. The first kappa shape index (κ1) is 12.0. The Hall–Kier alpha value is -1.57. The first-order valence-corrected chi connectivity index (χ1v) is 8.49. The quantitative estimate of drug-likeness (QED) is 0.876. The highest BCUT2D eigenvalue weighted by atomic mass is 15.0. The highest BCUT2D eigenvalue weighted by Gasteiger charge is 2.53. The number of hydrogen-bond acceptors (Lipinski definition) is 2. The van der Waals surface area contributed by atoms with E-state index in [-0.39, 0.29) is 0 Å². The predicted molar refractivity (Wildman–Crippen MR) is 86.2 cm³/mol. The summed E-state index contributed by atoms with van der Waals surface area (Å²) >= 11 is 0. The van der Waals surface area contributed by atoms with Crippen LogP contribution in [0.4, 0.5) is 5.69 Å². The first-order chi connectivity index (χ1) is 10.4. The summed E-state index contributed by atoms with van der Waals surface area (Å²) in [5.41, 5.74) is 1.28. The molecular formula is C19H22N2. The largest absolute Gasteiger partial charge is 0.381 e. The zero-order valence-corrected chi connectivity index (χ0v) is 12.3. The van der Waals surface area contributed by atoms with Crippen LogP contribution in [0.3, 0.4) is 0 Å². The van der Waals surface area contributed by atoms with Gasteiger partial charge < -0.3 is 5.32 Å². The number of nitrogens with zero attached hydrogens (tertiary/aromatic N) is 1. The van der Waals surface area contributed by atoms with Gasteiger partial charge in [-0.1, -0.05) is 18.6 Å². The van der Waals surface area contributed by atoms with E-state index in [1.54, 1.807) is 0 Å².